The molecule has 0 amide bonds. The minimum Gasteiger partial charge on any atom is -0.465 e. The average Bonchev–Trinajstić information content (AvgIpc) is 2.47. The number of benzene rings is 1. The van der Waals surface area contributed by atoms with Gasteiger partial charge in [-0.1, -0.05) is 19.6 Å². The van der Waals surface area contributed by atoms with E-state index in [-0.39, 0.29) is 25.1 Å². The summed E-state index contributed by atoms with van der Waals surface area (Å²) >= 11 is 0. The summed E-state index contributed by atoms with van der Waals surface area (Å²) in [5.74, 6) is -0.0981. The number of piperidine rings is 1. The number of ether oxygens (including phenoxy) is 1. The van der Waals surface area contributed by atoms with E-state index in [9.17, 15) is 9.59 Å². The van der Waals surface area contributed by atoms with Gasteiger partial charge < -0.3 is 10.1 Å². The Morgan fingerprint density at radius 2 is 1.63 bits per heavy atom. The van der Waals surface area contributed by atoms with Crippen LogP contribution in [0.25, 0.3) is 0 Å². The van der Waals surface area contributed by atoms with Gasteiger partial charge in [0.25, 0.3) is 0 Å². The van der Waals surface area contributed by atoms with Crippen molar-refractivity contribution in [2.24, 2.45) is 5.92 Å². The molecule has 0 spiro atoms. The molecule has 0 bridgehead atoms. The van der Waals surface area contributed by atoms with E-state index < -0.39 is 0 Å². The highest BCUT2D eigenvalue weighted by Crippen LogP contribution is 2.18. The van der Waals surface area contributed by atoms with E-state index >= 15 is 0 Å². The Morgan fingerprint density at radius 3 is 2.16 bits per heavy atom. The largest absolute Gasteiger partial charge is 0.465 e. The Kier molecular flexibility index (Phi) is 5.70. The highest BCUT2D eigenvalue weighted by Gasteiger charge is 2.22. The Labute approximate surface area is 114 Å². The minimum atomic E-state index is -0.379. The summed E-state index contributed by atoms with van der Waals surface area (Å²) in [4.78, 5) is 23.5. The molecular weight excluding hydrogens is 242 g/mol. The van der Waals surface area contributed by atoms with Gasteiger partial charge in [0.05, 0.1) is 12.7 Å². The van der Waals surface area contributed by atoms with Gasteiger partial charge in [-0.2, -0.15) is 0 Å². The summed E-state index contributed by atoms with van der Waals surface area (Å²) in [7, 11) is 1.34. The van der Waals surface area contributed by atoms with E-state index in [1.807, 2.05) is 0 Å². The molecule has 1 N–H and O–H groups in total. The first kappa shape index (κ1) is 15.4. The highest BCUT2D eigenvalue weighted by molar-refractivity contribution is 5.99. The lowest BCUT2D eigenvalue weighted by Crippen LogP contribution is -2.31. The SMILES string of the molecule is C.COC(=O)c1ccc(C(=O)C2CCNCC2)cc1. The first-order valence-corrected chi connectivity index (χ1v) is 6.15. The number of esters is 1. The maximum Gasteiger partial charge on any atom is 0.337 e. The highest BCUT2D eigenvalue weighted by atomic mass is 16.5. The van der Waals surface area contributed by atoms with E-state index in [1.54, 1.807) is 24.3 Å². The molecule has 1 aliphatic heterocycles. The van der Waals surface area contributed by atoms with Crippen LogP contribution in [0, 0.1) is 5.92 Å². The van der Waals surface area contributed by atoms with Crippen molar-refractivity contribution in [3.63, 3.8) is 0 Å². The second-order valence-electron chi connectivity index (χ2n) is 4.46. The molecule has 4 heteroatoms. The molecule has 1 fully saturated rings. The standard InChI is InChI=1S/C14H17NO3.CH4/c1-18-14(17)12-4-2-10(3-5-12)13(16)11-6-8-15-9-7-11;/h2-5,11,15H,6-9H2,1H3;1H4. The van der Waals surface area contributed by atoms with Gasteiger partial charge in [0, 0.05) is 11.5 Å². The Balaban J connectivity index is 0.00000180. The van der Waals surface area contributed by atoms with Crippen LogP contribution in [-0.2, 0) is 4.74 Å². The van der Waals surface area contributed by atoms with Gasteiger partial charge in [-0.3, -0.25) is 4.79 Å². The monoisotopic (exact) mass is 263 g/mol. The van der Waals surface area contributed by atoms with Crippen molar-refractivity contribution in [1.82, 2.24) is 5.32 Å². The van der Waals surface area contributed by atoms with Crippen LogP contribution in [0.1, 0.15) is 41.0 Å². The number of hydrogen-bond donors (Lipinski definition) is 1. The maximum absolute atomic E-state index is 12.2. The number of carbonyl (C=O) groups excluding carboxylic acids is 2. The molecule has 0 saturated carbocycles. The van der Waals surface area contributed by atoms with Gasteiger partial charge in [0.1, 0.15) is 0 Å². The van der Waals surface area contributed by atoms with Crippen LogP contribution >= 0.6 is 0 Å². The summed E-state index contributed by atoms with van der Waals surface area (Å²) in [5, 5.41) is 3.24. The number of methoxy groups -OCH3 is 1. The first-order valence-electron chi connectivity index (χ1n) is 6.15. The fourth-order valence-electron chi connectivity index (χ4n) is 2.21. The predicted molar refractivity (Wildman–Crippen MR) is 74.4 cm³/mol. The maximum atomic E-state index is 12.2. The van der Waals surface area contributed by atoms with E-state index in [0.717, 1.165) is 25.9 Å². The number of rotatable bonds is 3. The number of ketones is 1. The molecule has 4 nitrogen and oxygen atoms in total. The second-order valence-corrected chi connectivity index (χ2v) is 4.46. The summed E-state index contributed by atoms with van der Waals surface area (Å²) in [6.45, 7) is 1.80. The van der Waals surface area contributed by atoms with Crippen molar-refractivity contribution in [2.75, 3.05) is 20.2 Å². The van der Waals surface area contributed by atoms with Gasteiger partial charge in [0.15, 0.2) is 5.78 Å². The normalized spacial score (nSPS) is 15.4. The lowest BCUT2D eigenvalue weighted by Gasteiger charge is -2.21. The summed E-state index contributed by atoms with van der Waals surface area (Å²) in [6.07, 6.45) is 1.77. The van der Waals surface area contributed by atoms with E-state index in [1.165, 1.54) is 7.11 Å². The van der Waals surface area contributed by atoms with Gasteiger partial charge in [-0.25, -0.2) is 4.79 Å². The molecule has 0 atom stereocenters. The lowest BCUT2D eigenvalue weighted by molar-refractivity contribution is 0.0600. The molecule has 1 aromatic carbocycles. The lowest BCUT2D eigenvalue weighted by atomic mass is 9.89. The summed E-state index contributed by atoms with van der Waals surface area (Å²) in [5.41, 5.74) is 1.15. The van der Waals surface area contributed by atoms with E-state index in [2.05, 4.69) is 10.1 Å². The fourth-order valence-corrected chi connectivity index (χ4v) is 2.21. The van der Waals surface area contributed by atoms with Crippen LogP contribution in [0.2, 0.25) is 0 Å². The third-order valence-corrected chi connectivity index (χ3v) is 3.30. The van der Waals surface area contributed by atoms with Crippen molar-refractivity contribution in [2.45, 2.75) is 20.3 Å². The van der Waals surface area contributed by atoms with E-state index in [0.29, 0.717) is 11.1 Å². The van der Waals surface area contributed by atoms with Crippen LogP contribution in [0.5, 0.6) is 0 Å². The molecule has 1 saturated heterocycles. The molecular formula is C15H21NO3. The number of nitrogens with one attached hydrogen (secondary N) is 1. The predicted octanol–water partition coefficient (Wildman–Crippen LogP) is 2.29. The molecule has 1 aliphatic rings. The Bertz CT molecular complexity index is 433. The molecule has 0 unspecified atom stereocenters. The molecule has 0 radical (unpaired) electrons. The zero-order chi connectivity index (χ0) is 13.0. The average molecular weight is 263 g/mol. The molecule has 19 heavy (non-hydrogen) atoms. The van der Waals surface area contributed by atoms with Crippen LogP contribution in [-0.4, -0.2) is 32.0 Å². The van der Waals surface area contributed by atoms with Crippen LogP contribution in [0.15, 0.2) is 24.3 Å². The van der Waals surface area contributed by atoms with Crippen LogP contribution in [0.4, 0.5) is 0 Å². The molecule has 1 aromatic rings. The van der Waals surface area contributed by atoms with Gasteiger partial charge >= 0.3 is 5.97 Å². The summed E-state index contributed by atoms with van der Waals surface area (Å²) in [6, 6.07) is 6.69. The van der Waals surface area contributed by atoms with Crippen molar-refractivity contribution in [1.29, 1.82) is 0 Å². The Morgan fingerprint density at radius 1 is 1.11 bits per heavy atom. The van der Waals surface area contributed by atoms with Gasteiger partial charge in [-0.05, 0) is 38.1 Å². The van der Waals surface area contributed by atoms with Crippen molar-refractivity contribution >= 4 is 11.8 Å². The number of hydrogen-bond acceptors (Lipinski definition) is 4. The van der Waals surface area contributed by atoms with Crippen molar-refractivity contribution < 1.29 is 14.3 Å². The van der Waals surface area contributed by atoms with E-state index in [4.69, 9.17) is 0 Å². The fraction of sp³-hybridized carbons (Fsp3) is 0.467. The third-order valence-electron chi connectivity index (χ3n) is 3.30. The van der Waals surface area contributed by atoms with Gasteiger partial charge in [-0.15, -0.1) is 0 Å². The first-order chi connectivity index (χ1) is 8.72. The third kappa shape index (κ3) is 3.64. The Hall–Kier alpha value is -1.68. The van der Waals surface area contributed by atoms with Crippen molar-refractivity contribution in [3.8, 4) is 0 Å². The molecule has 0 aliphatic carbocycles. The smallest absolute Gasteiger partial charge is 0.337 e. The number of carbonyl (C=O) groups is 2. The topological polar surface area (TPSA) is 55.4 Å². The summed E-state index contributed by atoms with van der Waals surface area (Å²) < 4.78 is 4.62. The zero-order valence-electron chi connectivity index (χ0n) is 10.4. The molecule has 1 heterocycles. The molecule has 104 valence electrons. The molecule has 2 rings (SSSR count). The van der Waals surface area contributed by atoms with Crippen molar-refractivity contribution in [3.05, 3.63) is 35.4 Å². The second kappa shape index (κ2) is 7.04. The van der Waals surface area contributed by atoms with Crippen LogP contribution in [0.3, 0.4) is 0 Å². The number of Topliss-reactive ketones (excluding diaryl/α,β-unsaturated/α-hetero) is 1. The van der Waals surface area contributed by atoms with Gasteiger partial charge in [0.2, 0.25) is 0 Å². The quantitative estimate of drug-likeness (QED) is 0.671. The minimum absolute atomic E-state index is 0. The van der Waals surface area contributed by atoms with Crippen LogP contribution < -0.4 is 5.32 Å². The zero-order valence-corrected chi connectivity index (χ0v) is 10.4. The molecule has 0 aromatic heterocycles.